The highest BCUT2D eigenvalue weighted by Crippen LogP contribution is 2.36. The Bertz CT molecular complexity index is 941. The molecule has 0 amide bonds. The molecule has 2 atom stereocenters. The first kappa shape index (κ1) is 17.5. The molecule has 0 aliphatic carbocycles. The van der Waals surface area contributed by atoms with Gasteiger partial charge in [0.2, 0.25) is 0 Å². The van der Waals surface area contributed by atoms with Crippen LogP contribution < -0.4 is 4.90 Å². The zero-order valence-electron chi connectivity index (χ0n) is 14.3. The zero-order valence-corrected chi connectivity index (χ0v) is 15.9. The summed E-state index contributed by atoms with van der Waals surface area (Å²) in [6, 6.07) is 14.1. The molecule has 0 saturated carbocycles. The lowest BCUT2D eigenvalue weighted by molar-refractivity contribution is 0.601. The van der Waals surface area contributed by atoms with E-state index >= 15 is 0 Å². The molecule has 0 N–H and O–H groups in total. The van der Waals surface area contributed by atoms with Gasteiger partial charge in [0.1, 0.15) is 5.82 Å². The molecule has 1 saturated heterocycles. The molecule has 26 heavy (non-hydrogen) atoms. The second kappa shape index (κ2) is 6.70. The number of anilines is 1. The lowest BCUT2D eigenvalue weighted by Gasteiger charge is -2.26. The van der Waals surface area contributed by atoms with Gasteiger partial charge in [0, 0.05) is 11.4 Å². The molecule has 0 aromatic heterocycles. The Balaban J connectivity index is 1.60. The Morgan fingerprint density at radius 2 is 1.81 bits per heavy atom. The van der Waals surface area contributed by atoms with E-state index in [9.17, 15) is 12.8 Å². The van der Waals surface area contributed by atoms with Crippen LogP contribution in [0.25, 0.3) is 0 Å². The maximum atomic E-state index is 13.1. The van der Waals surface area contributed by atoms with E-state index in [2.05, 4.69) is 4.90 Å². The number of amidine groups is 1. The predicted octanol–water partition coefficient (Wildman–Crippen LogP) is 3.41. The van der Waals surface area contributed by atoms with Crippen molar-refractivity contribution in [1.29, 1.82) is 0 Å². The highest BCUT2D eigenvalue weighted by atomic mass is 32.2. The number of halogens is 1. The van der Waals surface area contributed by atoms with Crippen LogP contribution in [0.2, 0.25) is 0 Å². The summed E-state index contributed by atoms with van der Waals surface area (Å²) in [5.41, 5.74) is 3.12. The van der Waals surface area contributed by atoms with E-state index in [1.54, 1.807) is 23.9 Å². The van der Waals surface area contributed by atoms with Crippen molar-refractivity contribution in [2.75, 3.05) is 16.4 Å². The van der Waals surface area contributed by atoms with Crippen LogP contribution in [0.15, 0.2) is 53.5 Å². The highest BCUT2D eigenvalue weighted by Gasteiger charge is 2.47. The van der Waals surface area contributed by atoms with Crippen LogP contribution in [-0.2, 0) is 15.6 Å². The van der Waals surface area contributed by atoms with Crippen molar-refractivity contribution in [3.63, 3.8) is 0 Å². The number of thioether (sulfide) groups is 1. The van der Waals surface area contributed by atoms with Gasteiger partial charge in [0.05, 0.1) is 23.6 Å². The summed E-state index contributed by atoms with van der Waals surface area (Å²) < 4.78 is 37.2. The first-order valence-corrected chi connectivity index (χ1v) is 11.2. The van der Waals surface area contributed by atoms with Crippen molar-refractivity contribution in [3.05, 3.63) is 65.5 Å². The second-order valence-electron chi connectivity index (χ2n) is 6.74. The molecule has 2 heterocycles. The van der Waals surface area contributed by atoms with E-state index in [0.29, 0.717) is 5.75 Å². The van der Waals surface area contributed by atoms with Crippen molar-refractivity contribution in [2.24, 2.45) is 4.99 Å². The normalized spacial score (nSPS) is 23.8. The smallest absolute Gasteiger partial charge is 0.164 e. The highest BCUT2D eigenvalue weighted by molar-refractivity contribution is 8.13. The Kier molecular flexibility index (Phi) is 4.52. The number of rotatable bonds is 3. The summed E-state index contributed by atoms with van der Waals surface area (Å²) in [6.07, 6.45) is 0. The predicted molar refractivity (Wildman–Crippen MR) is 105 cm³/mol. The summed E-state index contributed by atoms with van der Waals surface area (Å²) in [5.74, 6) is 0.655. The number of fused-ring (bicyclic) bond motifs is 1. The molecule has 2 aliphatic heterocycles. The Morgan fingerprint density at radius 3 is 2.50 bits per heavy atom. The number of hydrogen-bond acceptors (Lipinski definition) is 5. The van der Waals surface area contributed by atoms with Crippen LogP contribution in [0.4, 0.5) is 10.1 Å². The SMILES string of the molecule is Cc1ccc(N2C(SCc3ccc(F)cc3)=N[C@@H]3CS(=O)(=O)C[C@H]32)cc1. The van der Waals surface area contributed by atoms with Gasteiger partial charge in [-0.1, -0.05) is 41.6 Å². The maximum absolute atomic E-state index is 13.1. The standard InChI is InChI=1S/C19H19FN2O2S2/c1-13-2-8-16(9-3-13)22-18-12-26(23,24)11-17(18)21-19(22)25-10-14-4-6-15(20)7-5-14/h2-9,17-18H,10-12H2,1H3/t17-,18-/m1/s1. The van der Waals surface area contributed by atoms with Gasteiger partial charge in [-0.25, -0.2) is 12.8 Å². The van der Waals surface area contributed by atoms with Crippen molar-refractivity contribution >= 4 is 32.5 Å². The summed E-state index contributed by atoms with van der Waals surface area (Å²) in [5, 5.41) is 0.836. The molecule has 136 valence electrons. The Morgan fingerprint density at radius 1 is 1.12 bits per heavy atom. The summed E-state index contributed by atoms with van der Waals surface area (Å²) >= 11 is 1.57. The van der Waals surface area contributed by atoms with Crippen LogP contribution in [-0.4, -0.2) is 37.2 Å². The Labute approximate surface area is 157 Å². The molecule has 4 rings (SSSR count). The molecule has 0 bridgehead atoms. The summed E-state index contributed by atoms with van der Waals surface area (Å²) in [6.45, 7) is 2.02. The fraction of sp³-hybridized carbons (Fsp3) is 0.316. The molecule has 4 nitrogen and oxygen atoms in total. The summed E-state index contributed by atoms with van der Waals surface area (Å²) in [4.78, 5) is 6.77. The monoisotopic (exact) mass is 390 g/mol. The number of aliphatic imine (C=N–C) groups is 1. The van der Waals surface area contributed by atoms with Crippen LogP contribution in [0.1, 0.15) is 11.1 Å². The third-order valence-electron chi connectivity index (χ3n) is 4.70. The molecule has 0 unspecified atom stereocenters. The minimum absolute atomic E-state index is 0.112. The zero-order chi connectivity index (χ0) is 18.3. The summed E-state index contributed by atoms with van der Waals surface area (Å²) in [7, 11) is -3.05. The molecule has 2 aromatic rings. The molecular formula is C19H19FN2O2S2. The van der Waals surface area contributed by atoms with Gasteiger partial charge >= 0.3 is 0 Å². The quantitative estimate of drug-likeness (QED) is 0.806. The van der Waals surface area contributed by atoms with Gasteiger partial charge in [0.25, 0.3) is 0 Å². The first-order valence-electron chi connectivity index (χ1n) is 8.43. The van der Waals surface area contributed by atoms with Gasteiger partial charge in [-0.05, 0) is 36.8 Å². The van der Waals surface area contributed by atoms with Crippen molar-refractivity contribution in [1.82, 2.24) is 0 Å². The van der Waals surface area contributed by atoms with Crippen LogP contribution in [0.3, 0.4) is 0 Å². The van der Waals surface area contributed by atoms with E-state index in [1.807, 2.05) is 31.2 Å². The van der Waals surface area contributed by atoms with Crippen molar-refractivity contribution < 1.29 is 12.8 Å². The average Bonchev–Trinajstić information content (AvgIpc) is 3.06. The van der Waals surface area contributed by atoms with Gasteiger partial charge < -0.3 is 4.90 Å². The first-order chi connectivity index (χ1) is 12.4. The van der Waals surface area contributed by atoms with Crippen LogP contribution in [0, 0.1) is 12.7 Å². The fourth-order valence-electron chi connectivity index (χ4n) is 3.37. The topological polar surface area (TPSA) is 49.7 Å². The molecule has 1 fully saturated rings. The maximum Gasteiger partial charge on any atom is 0.164 e. The molecular weight excluding hydrogens is 371 g/mol. The molecule has 7 heteroatoms. The minimum atomic E-state index is -3.05. The van der Waals surface area contributed by atoms with Crippen molar-refractivity contribution in [2.45, 2.75) is 24.8 Å². The average molecular weight is 391 g/mol. The van der Waals surface area contributed by atoms with Gasteiger partial charge in [-0.2, -0.15) is 0 Å². The van der Waals surface area contributed by atoms with E-state index in [-0.39, 0.29) is 29.4 Å². The molecule has 0 spiro atoms. The van der Waals surface area contributed by atoms with Gasteiger partial charge in [0.15, 0.2) is 15.0 Å². The number of sulfone groups is 1. The van der Waals surface area contributed by atoms with Gasteiger partial charge in [-0.3, -0.25) is 4.99 Å². The van der Waals surface area contributed by atoms with Crippen molar-refractivity contribution in [3.8, 4) is 0 Å². The third kappa shape index (κ3) is 3.50. The van der Waals surface area contributed by atoms with Crippen LogP contribution >= 0.6 is 11.8 Å². The molecule has 0 radical (unpaired) electrons. The van der Waals surface area contributed by atoms with Gasteiger partial charge in [-0.15, -0.1) is 0 Å². The molecule has 2 aliphatic rings. The third-order valence-corrected chi connectivity index (χ3v) is 7.44. The number of hydrogen-bond donors (Lipinski definition) is 0. The lowest BCUT2D eigenvalue weighted by atomic mass is 10.1. The fourth-order valence-corrected chi connectivity index (χ4v) is 6.29. The number of aryl methyl sites for hydroxylation is 1. The van der Waals surface area contributed by atoms with E-state index in [1.165, 1.54) is 12.1 Å². The lowest BCUT2D eigenvalue weighted by Crippen LogP contribution is -2.39. The minimum Gasteiger partial charge on any atom is -0.315 e. The Hall–Kier alpha value is -1.86. The number of nitrogens with zero attached hydrogens (tertiary/aromatic N) is 2. The second-order valence-corrected chi connectivity index (χ2v) is 9.84. The molecule has 2 aromatic carbocycles. The van der Waals surface area contributed by atoms with Crippen LogP contribution in [0.5, 0.6) is 0 Å². The number of benzene rings is 2. The van der Waals surface area contributed by atoms with E-state index in [0.717, 1.165) is 22.0 Å². The van der Waals surface area contributed by atoms with E-state index in [4.69, 9.17) is 4.99 Å². The largest absolute Gasteiger partial charge is 0.315 e. The van der Waals surface area contributed by atoms with E-state index < -0.39 is 9.84 Å².